The van der Waals surface area contributed by atoms with Crippen molar-refractivity contribution < 1.29 is 9.15 Å². The van der Waals surface area contributed by atoms with Crippen LogP contribution < -0.4 is 9.64 Å². The highest BCUT2D eigenvalue weighted by atomic mass is 16.5. The summed E-state index contributed by atoms with van der Waals surface area (Å²) in [5.74, 6) is 1.53. The van der Waals surface area contributed by atoms with Crippen LogP contribution in [0, 0.1) is 11.3 Å². The normalized spacial score (nSPS) is 10.4. The molecule has 1 aromatic heterocycles. The molecule has 4 aromatic rings. The molecule has 3 aromatic carbocycles. The second-order valence-electron chi connectivity index (χ2n) is 6.89. The lowest BCUT2D eigenvalue weighted by Crippen LogP contribution is -2.16. The summed E-state index contributed by atoms with van der Waals surface area (Å²) in [5.41, 5.74) is 3.65. The first-order chi connectivity index (χ1) is 14.7. The molecule has 0 aliphatic carbocycles. The van der Waals surface area contributed by atoms with Crippen molar-refractivity contribution in [3.05, 3.63) is 102 Å². The lowest BCUT2D eigenvalue weighted by Gasteiger charge is -2.15. The van der Waals surface area contributed by atoms with Gasteiger partial charge >= 0.3 is 0 Å². The van der Waals surface area contributed by atoms with Crippen LogP contribution >= 0.6 is 0 Å². The third kappa shape index (κ3) is 4.50. The molecule has 0 N–H and O–H groups in total. The Hall–Kier alpha value is -4.04. The molecule has 0 aliphatic heterocycles. The van der Waals surface area contributed by atoms with E-state index in [0.717, 1.165) is 16.7 Å². The SMILES string of the molecule is CN(Cc1ccccc1)c1oc(COc2ccc(-c3ccccc3)cc2)nc1C#N. The number of nitriles is 1. The zero-order valence-corrected chi connectivity index (χ0v) is 16.7. The first-order valence-corrected chi connectivity index (χ1v) is 9.66. The molecular weight excluding hydrogens is 374 g/mol. The summed E-state index contributed by atoms with van der Waals surface area (Å²) in [6.45, 7) is 0.768. The van der Waals surface area contributed by atoms with Gasteiger partial charge in [0, 0.05) is 13.6 Å². The van der Waals surface area contributed by atoms with Crippen molar-refractivity contribution in [1.29, 1.82) is 5.26 Å². The number of ether oxygens (including phenoxy) is 1. The van der Waals surface area contributed by atoms with E-state index in [1.807, 2.05) is 84.7 Å². The molecule has 0 radical (unpaired) electrons. The van der Waals surface area contributed by atoms with Gasteiger partial charge in [0.05, 0.1) is 0 Å². The fraction of sp³-hybridized carbons (Fsp3) is 0.120. The van der Waals surface area contributed by atoms with Gasteiger partial charge < -0.3 is 14.1 Å². The molecule has 148 valence electrons. The Bertz CT molecular complexity index is 1130. The average Bonchev–Trinajstić information content (AvgIpc) is 3.23. The van der Waals surface area contributed by atoms with E-state index in [4.69, 9.17) is 9.15 Å². The van der Waals surface area contributed by atoms with Crippen LogP contribution in [0.3, 0.4) is 0 Å². The van der Waals surface area contributed by atoms with Gasteiger partial charge in [-0.3, -0.25) is 0 Å². The number of hydrogen-bond acceptors (Lipinski definition) is 5. The summed E-state index contributed by atoms with van der Waals surface area (Å²) in [4.78, 5) is 6.15. The zero-order valence-electron chi connectivity index (χ0n) is 16.7. The maximum absolute atomic E-state index is 9.43. The fourth-order valence-electron chi connectivity index (χ4n) is 3.20. The minimum absolute atomic E-state index is 0.151. The van der Waals surface area contributed by atoms with Crippen LogP contribution in [0.5, 0.6) is 5.75 Å². The molecule has 5 nitrogen and oxygen atoms in total. The van der Waals surface area contributed by atoms with E-state index < -0.39 is 0 Å². The highest BCUT2D eigenvalue weighted by Gasteiger charge is 2.17. The maximum atomic E-state index is 9.43. The predicted octanol–water partition coefficient (Wildman–Crippen LogP) is 5.43. The van der Waals surface area contributed by atoms with Crippen molar-refractivity contribution in [3.8, 4) is 22.9 Å². The van der Waals surface area contributed by atoms with Gasteiger partial charge in [-0.25, -0.2) is 0 Å². The maximum Gasteiger partial charge on any atom is 0.236 e. The zero-order chi connectivity index (χ0) is 20.8. The Morgan fingerprint density at radius 1 is 0.900 bits per heavy atom. The van der Waals surface area contributed by atoms with Gasteiger partial charge in [0.15, 0.2) is 6.61 Å². The minimum atomic E-state index is 0.151. The number of rotatable bonds is 7. The number of anilines is 1. The van der Waals surface area contributed by atoms with Crippen molar-refractivity contribution >= 4 is 5.88 Å². The molecule has 1 heterocycles. The topological polar surface area (TPSA) is 62.3 Å². The molecule has 0 spiro atoms. The Balaban J connectivity index is 1.42. The van der Waals surface area contributed by atoms with E-state index in [9.17, 15) is 5.26 Å². The van der Waals surface area contributed by atoms with Gasteiger partial charge in [-0.1, -0.05) is 72.8 Å². The average molecular weight is 395 g/mol. The van der Waals surface area contributed by atoms with Crippen LogP contribution in [0.15, 0.2) is 89.3 Å². The first kappa shape index (κ1) is 19.3. The molecule has 0 saturated heterocycles. The largest absolute Gasteiger partial charge is 0.484 e. The second kappa shape index (κ2) is 8.97. The van der Waals surface area contributed by atoms with Crippen molar-refractivity contribution in [2.45, 2.75) is 13.2 Å². The van der Waals surface area contributed by atoms with Crippen LogP contribution in [-0.4, -0.2) is 12.0 Å². The molecule has 0 bridgehead atoms. The number of aromatic nitrogens is 1. The lowest BCUT2D eigenvalue weighted by atomic mass is 10.1. The Kier molecular flexibility index (Phi) is 5.77. The summed E-state index contributed by atoms with van der Waals surface area (Å²) < 4.78 is 11.6. The van der Waals surface area contributed by atoms with E-state index in [0.29, 0.717) is 24.1 Å². The second-order valence-corrected chi connectivity index (χ2v) is 6.89. The molecule has 0 fully saturated rings. The van der Waals surface area contributed by atoms with Crippen LogP contribution in [0.2, 0.25) is 0 Å². The summed E-state index contributed by atoms with van der Waals surface area (Å²) in [5, 5.41) is 9.43. The molecular formula is C25H21N3O2. The minimum Gasteiger partial charge on any atom is -0.484 e. The van der Waals surface area contributed by atoms with Gasteiger partial charge in [-0.2, -0.15) is 10.2 Å². The standard InChI is InChI=1S/C25H21N3O2/c1-28(17-19-8-4-2-5-9-19)25-23(16-26)27-24(30-25)18-29-22-14-12-21(13-15-22)20-10-6-3-7-11-20/h2-15H,17-18H2,1H3. The number of hydrogen-bond donors (Lipinski definition) is 0. The number of oxazole rings is 1. The van der Waals surface area contributed by atoms with Crippen LogP contribution in [0.25, 0.3) is 11.1 Å². The van der Waals surface area contributed by atoms with Gasteiger partial charge in [-0.05, 0) is 28.8 Å². The van der Waals surface area contributed by atoms with E-state index in [2.05, 4.69) is 23.2 Å². The molecule has 4 rings (SSSR count). The van der Waals surface area contributed by atoms with Crippen molar-refractivity contribution in [2.24, 2.45) is 0 Å². The highest BCUT2D eigenvalue weighted by molar-refractivity contribution is 5.63. The van der Waals surface area contributed by atoms with Crippen molar-refractivity contribution in [3.63, 3.8) is 0 Å². The first-order valence-electron chi connectivity index (χ1n) is 9.66. The summed E-state index contributed by atoms with van der Waals surface area (Å²) in [6, 6.07) is 30.1. The van der Waals surface area contributed by atoms with Gasteiger partial charge in [-0.15, -0.1) is 0 Å². The summed E-state index contributed by atoms with van der Waals surface area (Å²) in [7, 11) is 1.88. The van der Waals surface area contributed by atoms with E-state index in [-0.39, 0.29) is 12.3 Å². The monoisotopic (exact) mass is 395 g/mol. The third-order valence-corrected chi connectivity index (χ3v) is 4.69. The van der Waals surface area contributed by atoms with E-state index >= 15 is 0 Å². The van der Waals surface area contributed by atoms with Gasteiger partial charge in [0.25, 0.3) is 0 Å². The fourth-order valence-corrected chi connectivity index (χ4v) is 3.20. The van der Waals surface area contributed by atoms with Crippen LogP contribution in [0.1, 0.15) is 17.1 Å². The molecule has 0 amide bonds. The Morgan fingerprint density at radius 2 is 1.53 bits per heavy atom. The molecule has 5 heteroatoms. The third-order valence-electron chi connectivity index (χ3n) is 4.69. The van der Waals surface area contributed by atoms with Gasteiger partial charge in [0.1, 0.15) is 11.8 Å². The van der Waals surface area contributed by atoms with E-state index in [1.165, 1.54) is 0 Å². The Morgan fingerprint density at radius 3 is 2.20 bits per heavy atom. The lowest BCUT2D eigenvalue weighted by molar-refractivity contribution is 0.264. The molecule has 0 atom stereocenters. The van der Waals surface area contributed by atoms with Gasteiger partial charge in [0.2, 0.25) is 17.5 Å². The molecule has 30 heavy (non-hydrogen) atoms. The van der Waals surface area contributed by atoms with Crippen LogP contribution in [-0.2, 0) is 13.2 Å². The summed E-state index contributed by atoms with van der Waals surface area (Å²) >= 11 is 0. The molecule has 0 saturated carbocycles. The number of benzene rings is 3. The smallest absolute Gasteiger partial charge is 0.236 e. The predicted molar refractivity (Wildman–Crippen MR) is 116 cm³/mol. The highest BCUT2D eigenvalue weighted by Crippen LogP contribution is 2.25. The quantitative estimate of drug-likeness (QED) is 0.418. The number of nitrogens with zero attached hydrogens (tertiary/aromatic N) is 3. The molecule has 0 unspecified atom stereocenters. The Labute approximate surface area is 175 Å². The van der Waals surface area contributed by atoms with Crippen LogP contribution in [0.4, 0.5) is 5.88 Å². The van der Waals surface area contributed by atoms with Crippen molar-refractivity contribution in [1.82, 2.24) is 4.98 Å². The van der Waals surface area contributed by atoms with E-state index in [1.54, 1.807) is 0 Å². The van der Waals surface area contributed by atoms with Crippen molar-refractivity contribution in [2.75, 3.05) is 11.9 Å². The summed E-state index contributed by atoms with van der Waals surface area (Å²) in [6.07, 6.45) is 0. The molecule has 0 aliphatic rings.